The second-order valence-corrected chi connectivity index (χ2v) is 4.29. The number of unbranched alkanes of at least 4 members (excludes halogenated alkanes) is 1. The van der Waals surface area contributed by atoms with Crippen molar-refractivity contribution in [1.82, 2.24) is 0 Å². The average molecular weight is 180 g/mol. The summed E-state index contributed by atoms with van der Waals surface area (Å²) in [6, 6.07) is 4.34. The van der Waals surface area contributed by atoms with Crippen LogP contribution in [0.25, 0.3) is 0 Å². The minimum absolute atomic E-state index is 1.22. The zero-order valence-corrected chi connectivity index (χ0v) is 8.66. The molecule has 1 rings (SSSR count). The van der Waals surface area contributed by atoms with E-state index in [-0.39, 0.29) is 0 Å². The predicted octanol–water partition coefficient (Wildman–Crippen LogP) is 4.04. The maximum absolute atomic E-state index is 2.31. The van der Waals surface area contributed by atoms with E-state index >= 15 is 0 Å². The molecule has 0 aliphatic carbocycles. The van der Waals surface area contributed by atoms with Crippen LogP contribution in [-0.2, 0) is 6.42 Å². The third-order valence-electron chi connectivity index (χ3n) is 1.76. The third-order valence-corrected chi connectivity index (χ3v) is 2.70. The fourth-order valence-electron chi connectivity index (χ4n) is 1.12. The lowest BCUT2D eigenvalue weighted by molar-refractivity contribution is 0.849. The van der Waals surface area contributed by atoms with Crippen molar-refractivity contribution in [2.45, 2.75) is 33.1 Å². The van der Waals surface area contributed by atoms with Gasteiger partial charge in [0.2, 0.25) is 0 Å². The molecule has 0 aliphatic heterocycles. The lowest BCUT2D eigenvalue weighted by Crippen LogP contribution is -1.78. The van der Waals surface area contributed by atoms with Crippen LogP contribution in [0.5, 0.6) is 0 Å². The second kappa shape index (κ2) is 5.15. The van der Waals surface area contributed by atoms with Gasteiger partial charge in [-0.3, -0.25) is 0 Å². The topological polar surface area (TPSA) is 0 Å². The Bertz CT molecular complexity index is 228. The van der Waals surface area contributed by atoms with Gasteiger partial charge in [0.25, 0.3) is 0 Å². The van der Waals surface area contributed by atoms with E-state index in [1.54, 1.807) is 0 Å². The summed E-state index contributed by atoms with van der Waals surface area (Å²) in [6.45, 7) is 4.32. The van der Waals surface area contributed by atoms with E-state index in [0.29, 0.717) is 0 Å². The maximum Gasteiger partial charge on any atom is 0.00453 e. The molecular formula is C11H16S. The van der Waals surface area contributed by atoms with Gasteiger partial charge in [-0.15, -0.1) is 11.3 Å². The zero-order chi connectivity index (χ0) is 8.81. The Kier molecular flexibility index (Phi) is 4.09. The summed E-state index contributed by atoms with van der Waals surface area (Å²) >= 11 is 1.86. The smallest absolute Gasteiger partial charge is 0.00453 e. The molecule has 0 amide bonds. The van der Waals surface area contributed by atoms with E-state index in [2.05, 4.69) is 37.4 Å². The maximum atomic E-state index is 2.31. The van der Waals surface area contributed by atoms with Crippen LogP contribution in [0, 0.1) is 0 Å². The van der Waals surface area contributed by atoms with Crippen molar-refractivity contribution < 1.29 is 0 Å². The fourth-order valence-corrected chi connectivity index (χ4v) is 1.87. The van der Waals surface area contributed by atoms with Crippen LogP contribution in [0.1, 0.15) is 31.6 Å². The van der Waals surface area contributed by atoms with E-state index in [4.69, 9.17) is 0 Å². The highest BCUT2D eigenvalue weighted by molar-refractivity contribution is 7.09. The summed E-state index contributed by atoms with van der Waals surface area (Å²) in [5, 5.41) is 2.15. The Morgan fingerprint density at radius 3 is 2.92 bits per heavy atom. The molecule has 1 heterocycles. The van der Waals surface area contributed by atoms with Gasteiger partial charge in [-0.1, -0.05) is 17.7 Å². The Morgan fingerprint density at radius 2 is 2.33 bits per heavy atom. The largest absolute Gasteiger partial charge is 0.149 e. The first kappa shape index (κ1) is 9.53. The van der Waals surface area contributed by atoms with Crippen LogP contribution < -0.4 is 0 Å². The molecule has 66 valence electrons. The minimum Gasteiger partial charge on any atom is -0.149 e. The molecule has 1 aromatic rings. The fraction of sp³-hybridized carbons (Fsp3) is 0.455. The van der Waals surface area contributed by atoms with Crippen molar-refractivity contribution >= 4 is 11.3 Å². The van der Waals surface area contributed by atoms with Crippen LogP contribution in [0.4, 0.5) is 0 Å². The average Bonchev–Trinajstić information content (AvgIpc) is 2.49. The van der Waals surface area contributed by atoms with Gasteiger partial charge in [0.15, 0.2) is 0 Å². The molecule has 0 saturated carbocycles. The quantitative estimate of drug-likeness (QED) is 0.484. The standard InChI is InChI=1S/C11H16S/c1-10(2)6-3-4-7-11-8-5-9-12-11/h5-6,8-9H,3-4,7H2,1-2H3. The molecule has 0 nitrogen and oxygen atoms in total. The summed E-state index contributed by atoms with van der Waals surface area (Å²) in [5.41, 5.74) is 1.43. The Morgan fingerprint density at radius 1 is 1.50 bits per heavy atom. The van der Waals surface area contributed by atoms with Crippen molar-refractivity contribution in [3.05, 3.63) is 34.0 Å². The van der Waals surface area contributed by atoms with Crippen LogP contribution in [0.15, 0.2) is 29.2 Å². The Balaban J connectivity index is 2.16. The first-order valence-corrected chi connectivity index (χ1v) is 5.33. The summed E-state index contributed by atoms with van der Waals surface area (Å²) in [7, 11) is 0. The molecule has 0 bridgehead atoms. The molecule has 0 saturated heterocycles. The van der Waals surface area contributed by atoms with Crippen molar-refractivity contribution in [2.75, 3.05) is 0 Å². The molecule has 12 heavy (non-hydrogen) atoms. The molecule has 0 aromatic carbocycles. The first-order valence-electron chi connectivity index (χ1n) is 4.45. The molecule has 0 spiro atoms. The van der Waals surface area contributed by atoms with Gasteiger partial charge in [-0.25, -0.2) is 0 Å². The molecule has 0 fully saturated rings. The summed E-state index contributed by atoms with van der Waals surface area (Å²) in [4.78, 5) is 1.51. The van der Waals surface area contributed by atoms with E-state index in [1.807, 2.05) is 11.3 Å². The first-order chi connectivity index (χ1) is 5.79. The van der Waals surface area contributed by atoms with E-state index in [1.165, 1.54) is 29.7 Å². The number of thiophene rings is 1. The molecule has 0 N–H and O–H groups in total. The van der Waals surface area contributed by atoms with Crippen LogP contribution in [0.2, 0.25) is 0 Å². The van der Waals surface area contributed by atoms with Gasteiger partial charge in [-0.05, 0) is 44.6 Å². The lowest BCUT2D eigenvalue weighted by atomic mass is 10.2. The van der Waals surface area contributed by atoms with Gasteiger partial charge in [0.1, 0.15) is 0 Å². The van der Waals surface area contributed by atoms with Gasteiger partial charge in [-0.2, -0.15) is 0 Å². The molecule has 0 radical (unpaired) electrons. The van der Waals surface area contributed by atoms with Crippen LogP contribution in [0.3, 0.4) is 0 Å². The highest BCUT2D eigenvalue weighted by atomic mass is 32.1. The summed E-state index contributed by atoms with van der Waals surface area (Å²) in [6.07, 6.45) is 6.06. The number of aryl methyl sites for hydroxylation is 1. The molecule has 0 unspecified atom stereocenters. The Labute approximate surface area is 78.9 Å². The molecule has 0 aliphatic rings. The lowest BCUT2D eigenvalue weighted by Gasteiger charge is -1.94. The van der Waals surface area contributed by atoms with Gasteiger partial charge in [0.05, 0.1) is 0 Å². The normalized spacial score (nSPS) is 9.83. The number of hydrogen-bond donors (Lipinski definition) is 0. The van der Waals surface area contributed by atoms with Crippen molar-refractivity contribution in [1.29, 1.82) is 0 Å². The second-order valence-electron chi connectivity index (χ2n) is 3.25. The van der Waals surface area contributed by atoms with Gasteiger partial charge < -0.3 is 0 Å². The summed E-state index contributed by atoms with van der Waals surface area (Å²) < 4.78 is 0. The van der Waals surface area contributed by atoms with E-state index in [0.717, 1.165) is 0 Å². The van der Waals surface area contributed by atoms with E-state index < -0.39 is 0 Å². The van der Waals surface area contributed by atoms with Gasteiger partial charge >= 0.3 is 0 Å². The van der Waals surface area contributed by atoms with Gasteiger partial charge in [0, 0.05) is 4.88 Å². The van der Waals surface area contributed by atoms with Crippen molar-refractivity contribution in [3.63, 3.8) is 0 Å². The van der Waals surface area contributed by atoms with E-state index in [9.17, 15) is 0 Å². The molecule has 1 heteroatoms. The number of hydrogen-bond acceptors (Lipinski definition) is 1. The highest BCUT2D eigenvalue weighted by Crippen LogP contribution is 2.12. The third kappa shape index (κ3) is 3.72. The number of rotatable bonds is 4. The monoisotopic (exact) mass is 180 g/mol. The van der Waals surface area contributed by atoms with Crippen LogP contribution in [-0.4, -0.2) is 0 Å². The SMILES string of the molecule is CC(C)=CCCCc1cccs1. The number of allylic oxidation sites excluding steroid dienone is 2. The Hall–Kier alpha value is -0.560. The summed E-state index contributed by atoms with van der Waals surface area (Å²) in [5.74, 6) is 0. The minimum atomic E-state index is 1.22. The molecular weight excluding hydrogens is 164 g/mol. The predicted molar refractivity (Wildman–Crippen MR) is 56.7 cm³/mol. The highest BCUT2D eigenvalue weighted by Gasteiger charge is 1.91. The van der Waals surface area contributed by atoms with Crippen molar-refractivity contribution in [2.24, 2.45) is 0 Å². The molecule has 0 atom stereocenters. The molecule has 1 aromatic heterocycles. The van der Waals surface area contributed by atoms with Crippen LogP contribution >= 0.6 is 11.3 Å². The van der Waals surface area contributed by atoms with Crippen molar-refractivity contribution in [3.8, 4) is 0 Å². The zero-order valence-electron chi connectivity index (χ0n) is 7.84.